The lowest BCUT2D eigenvalue weighted by Crippen LogP contribution is -2.58. The minimum absolute atomic E-state index is 0.00501. The van der Waals surface area contributed by atoms with Crippen LogP contribution in [0.4, 0.5) is 4.79 Å². The third kappa shape index (κ3) is 4.07. The fraction of sp³-hybridized carbons (Fsp3) is 0.444. The van der Waals surface area contributed by atoms with Crippen LogP contribution in [0.5, 0.6) is 5.75 Å². The number of carbonyl (C=O) groups is 2. The van der Waals surface area contributed by atoms with Gasteiger partial charge in [0.25, 0.3) is 5.91 Å². The molecule has 2 aliphatic rings. The van der Waals surface area contributed by atoms with Crippen molar-refractivity contribution in [3.63, 3.8) is 0 Å². The van der Waals surface area contributed by atoms with E-state index in [1.54, 1.807) is 36.5 Å². The average molecular weight is 492 g/mol. The van der Waals surface area contributed by atoms with Crippen LogP contribution in [-0.4, -0.2) is 76.2 Å². The van der Waals surface area contributed by atoms with Crippen molar-refractivity contribution < 1.29 is 19.4 Å². The summed E-state index contributed by atoms with van der Waals surface area (Å²) in [6.45, 7) is 5.29. The SMILES string of the molecule is COc1ccc2c3c([nH]c2c1)[C@H](CO)N(C(=O)NC(C)C)CC31CCN(C(=O)c2ccncc2)CC1. The van der Waals surface area contributed by atoms with E-state index in [1.807, 2.05) is 30.9 Å². The molecule has 9 nitrogen and oxygen atoms in total. The van der Waals surface area contributed by atoms with Gasteiger partial charge in [-0.15, -0.1) is 0 Å². The maximum atomic E-state index is 13.3. The largest absolute Gasteiger partial charge is 0.497 e. The summed E-state index contributed by atoms with van der Waals surface area (Å²) in [5.74, 6) is 0.734. The number of fused-ring (bicyclic) bond motifs is 4. The number of amides is 3. The number of aliphatic hydroxyl groups excluding tert-OH is 1. The highest BCUT2D eigenvalue weighted by Crippen LogP contribution is 2.49. The molecule has 0 aliphatic carbocycles. The van der Waals surface area contributed by atoms with Gasteiger partial charge in [-0.25, -0.2) is 4.79 Å². The second kappa shape index (κ2) is 9.46. The molecule has 5 rings (SSSR count). The van der Waals surface area contributed by atoms with Gasteiger partial charge < -0.3 is 29.9 Å². The fourth-order valence-corrected chi connectivity index (χ4v) is 5.77. The number of methoxy groups -OCH3 is 1. The Morgan fingerprint density at radius 1 is 1.22 bits per heavy atom. The number of nitrogens with zero attached hydrogens (tertiary/aromatic N) is 3. The molecule has 1 atom stereocenters. The molecule has 2 aromatic heterocycles. The van der Waals surface area contributed by atoms with Crippen LogP contribution in [-0.2, 0) is 5.41 Å². The summed E-state index contributed by atoms with van der Waals surface area (Å²) >= 11 is 0. The lowest BCUT2D eigenvalue weighted by molar-refractivity contribution is 0.0524. The summed E-state index contributed by atoms with van der Waals surface area (Å²) in [6, 6.07) is 8.72. The van der Waals surface area contributed by atoms with E-state index < -0.39 is 6.04 Å². The quantitative estimate of drug-likeness (QED) is 0.519. The van der Waals surface area contributed by atoms with Gasteiger partial charge in [0.05, 0.1) is 19.8 Å². The number of aromatic nitrogens is 2. The molecule has 1 fully saturated rings. The van der Waals surface area contributed by atoms with Crippen LogP contribution in [0.2, 0.25) is 0 Å². The number of nitrogens with one attached hydrogen (secondary N) is 2. The number of rotatable bonds is 4. The molecule has 3 amide bonds. The van der Waals surface area contributed by atoms with E-state index >= 15 is 0 Å². The number of urea groups is 1. The molecule has 0 saturated carbocycles. The molecule has 4 heterocycles. The van der Waals surface area contributed by atoms with Crippen LogP contribution < -0.4 is 10.1 Å². The number of hydrogen-bond acceptors (Lipinski definition) is 5. The highest BCUT2D eigenvalue weighted by atomic mass is 16.5. The molecule has 0 bridgehead atoms. The van der Waals surface area contributed by atoms with Crippen LogP contribution in [0.25, 0.3) is 10.9 Å². The van der Waals surface area contributed by atoms with Gasteiger partial charge in [-0.2, -0.15) is 0 Å². The third-order valence-corrected chi connectivity index (χ3v) is 7.53. The number of aromatic amines is 1. The van der Waals surface area contributed by atoms with E-state index in [0.29, 0.717) is 38.0 Å². The van der Waals surface area contributed by atoms with Crippen LogP contribution in [0.15, 0.2) is 42.7 Å². The van der Waals surface area contributed by atoms with Gasteiger partial charge in [0.15, 0.2) is 0 Å². The first-order valence-electron chi connectivity index (χ1n) is 12.4. The number of hydrogen-bond donors (Lipinski definition) is 3. The Morgan fingerprint density at radius 3 is 2.58 bits per heavy atom. The Hall–Kier alpha value is -3.59. The maximum Gasteiger partial charge on any atom is 0.318 e. The highest BCUT2D eigenvalue weighted by molar-refractivity contribution is 5.94. The van der Waals surface area contributed by atoms with E-state index in [0.717, 1.165) is 27.9 Å². The van der Waals surface area contributed by atoms with Gasteiger partial charge in [0.2, 0.25) is 0 Å². The first-order valence-corrected chi connectivity index (χ1v) is 12.4. The van der Waals surface area contributed by atoms with Crippen molar-refractivity contribution in [1.82, 2.24) is 25.1 Å². The average Bonchev–Trinajstić information content (AvgIpc) is 3.28. The predicted molar refractivity (Wildman–Crippen MR) is 136 cm³/mol. The summed E-state index contributed by atoms with van der Waals surface area (Å²) in [4.78, 5) is 37.6. The Labute approximate surface area is 210 Å². The van der Waals surface area contributed by atoms with Gasteiger partial charge in [-0.3, -0.25) is 9.78 Å². The Kier molecular flexibility index (Phi) is 6.34. The number of H-pyrrole nitrogens is 1. The minimum Gasteiger partial charge on any atom is -0.497 e. The second-order valence-corrected chi connectivity index (χ2v) is 10.1. The molecule has 2 aliphatic heterocycles. The van der Waals surface area contributed by atoms with Crippen molar-refractivity contribution in [2.75, 3.05) is 33.4 Å². The summed E-state index contributed by atoms with van der Waals surface area (Å²) in [7, 11) is 1.63. The van der Waals surface area contributed by atoms with Crippen molar-refractivity contribution in [3.05, 3.63) is 59.5 Å². The second-order valence-electron chi connectivity index (χ2n) is 10.1. The van der Waals surface area contributed by atoms with Crippen molar-refractivity contribution in [2.24, 2.45) is 0 Å². The number of carbonyl (C=O) groups excluding carboxylic acids is 2. The molecule has 9 heteroatoms. The molecule has 1 aromatic carbocycles. The maximum absolute atomic E-state index is 13.3. The zero-order chi connectivity index (χ0) is 25.4. The summed E-state index contributed by atoms with van der Waals surface area (Å²) in [5.41, 5.74) is 3.20. The van der Waals surface area contributed by atoms with Gasteiger partial charge in [0, 0.05) is 71.7 Å². The van der Waals surface area contributed by atoms with E-state index in [2.05, 4.69) is 21.4 Å². The molecule has 0 radical (unpaired) electrons. The topological polar surface area (TPSA) is 111 Å². The standard InChI is InChI=1S/C27H33N5O4/c1-17(2)29-26(35)32-16-27(8-12-31(13-9-27)25(34)18-6-10-28-11-7-18)23-20-5-4-19(36-3)14-21(20)30-24(23)22(32)15-33/h4-7,10-11,14,17,22,30,33H,8-9,12-13,15-16H2,1-3H3,(H,29,35)/t22-/m0/s1. The van der Waals surface area contributed by atoms with Crippen molar-refractivity contribution in [2.45, 2.75) is 44.2 Å². The molecule has 1 spiro atoms. The molecule has 3 N–H and O–H groups in total. The molecule has 36 heavy (non-hydrogen) atoms. The molecular formula is C27H33N5O4. The summed E-state index contributed by atoms with van der Waals surface area (Å²) in [5, 5.41) is 14.5. The van der Waals surface area contributed by atoms with E-state index in [4.69, 9.17) is 4.74 Å². The van der Waals surface area contributed by atoms with E-state index in [9.17, 15) is 14.7 Å². The lowest BCUT2D eigenvalue weighted by atomic mass is 9.68. The minimum atomic E-state index is -0.487. The van der Waals surface area contributed by atoms with Crippen LogP contribution in [0.1, 0.15) is 54.3 Å². The van der Waals surface area contributed by atoms with Crippen LogP contribution >= 0.6 is 0 Å². The number of piperidine rings is 1. The number of ether oxygens (including phenoxy) is 1. The fourth-order valence-electron chi connectivity index (χ4n) is 5.77. The molecule has 190 valence electrons. The van der Waals surface area contributed by atoms with Crippen molar-refractivity contribution in [1.29, 1.82) is 0 Å². The van der Waals surface area contributed by atoms with Gasteiger partial charge in [-0.05, 0) is 56.5 Å². The predicted octanol–water partition coefficient (Wildman–Crippen LogP) is 3.21. The molecule has 1 saturated heterocycles. The first kappa shape index (κ1) is 24.1. The number of pyridine rings is 1. The third-order valence-electron chi connectivity index (χ3n) is 7.53. The van der Waals surface area contributed by atoms with Crippen molar-refractivity contribution in [3.8, 4) is 5.75 Å². The number of aliphatic hydroxyl groups is 1. The molecular weight excluding hydrogens is 458 g/mol. The van der Waals surface area contributed by atoms with Crippen LogP contribution in [0, 0.1) is 0 Å². The molecule has 0 unspecified atom stereocenters. The molecule has 3 aromatic rings. The Balaban J connectivity index is 1.55. The Bertz CT molecular complexity index is 1260. The van der Waals surface area contributed by atoms with E-state index in [-0.39, 0.29) is 30.0 Å². The monoisotopic (exact) mass is 491 g/mol. The lowest BCUT2D eigenvalue weighted by Gasteiger charge is -2.50. The zero-order valence-electron chi connectivity index (χ0n) is 21.0. The van der Waals surface area contributed by atoms with E-state index in [1.165, 1.54) is 0 Å². The first-order chi connectivity index (χ1) is 17.4. The normalized spacial score (nSPS) is 19.0. The van der Waals surface area contributed by atoms with Gasteiger partial charge in [0.1, 0.15) is 5.75 Å². The summed E-state index contributed by atoms with van der Waals surface area (Å²) < 4.78 is 5.44. The number of likely N-dealkylation sites (tertiary alicyclic amines) is 1. The highest BCUT2D eigenvalue weighted by Gasteiger charge is 2.49. The smallest absolute Gasteiger partial charge is 0.318 e. The Morgan fingerprint density at radius 2 is 1.94 bits per heavy atom. The number of benzene rings is 1. The van der Waals surface area contributed by atoms with Crippen molar-refractivity contribution >= 4 is 22.8 Å². The van der Waals surface area contributed by atoms with Crippen LogP contribution in [0.3, 0.4) is 0 Å². The van der Waals surface area contributed by atoms with Gasteiger partial charge >= 0.3 is 6.03 Å². The zero-order valence-corrected chi connectivity index (χ0v) is 21.0. The summed E-state index contributed by atoms with van der Waals surface area (Å²) in [6.07, 6.45) is 4.68. The van der Waals surface area contributed by atoms with Gasteiger partial charge in [-0.1, -0.05) is 0 Å².